The monoisotopic (exact) mass is 395 g/mol. The van der Waals surface area contributed by atoms with Crippen molar-refractivity contribution in [3.63, 3.8) is 0 Å². The van der Waals surface area contributed by atoms with Gasteiger partial charge in [0.25, 0.3) is 0 Å². The smallest absolute Gasteiger partial charge is 0.323 e. The van der Waals surface area contributed by atoms with E-state index in [1.54, 1.807) is 0 Å². The van der Waals surface area contributed by atoms with Crippen LogP contribution in [-0.2, 0) is 4.79 Å². The lowest BCUT2D eigenvalue weighted by Crippen LogP contribution is -2.44. The van der Waals surface area contributed by atoms with E-state index in [0.29, 0.717) is 11.7 Å². The summed E-state index contributed by atoms with van der Waals surface area (Å²) in [4.78, 5) is 24.6. The number of benzene rings is 2. The predicted molar refractivity (Wildman–Crippen MR) is 115 cm³/mol. The molecule has 1 heterocycles. The number of urea groups is 1. The molecule has 7 heteroatoms. The number of carbonyl (C=O) groups is 2. The van der Waals surface area contributed by atoms with Crippen LogP contribution < -0.4 is 26.8 Å². The van der Waals surface area contributed by atoms with Crippen LogP contribution in [0.3, 0.4) is 0 Å². The maximum Gasteiger partial charge on any atom is 0.323 e. The van der Waals surface area contributed by atoms with E-state index >= 15 is 0 Å². The molecule has 0 saturated carbocycles. The molecule has 0 bridgehead atoms. The fourth-order valence-corrected chi connectivity index (χ4v) is 3.40. The average molecular weight is 396 g/mol. The molecular weight excluding hydrogens is 366 g/mol. The minimum atomic E-state index is -0.299. The van der Waals surface area contributed by atoms with Gasteiger partial charge in [-0.1, -0.05) is 43.7 Å². The summed E-state index contributed by atoms with van der Waals surface area (Å²) in [5.74, 6) is -0.00644. The molecule has 7 nitrogen and oxygen atoms in total. The molecule has 3 rings (SSSR count). The first-order valence-corrected chi connectivity index (χ1v) is 10.1. The van der Waals surface area contributed by atoms with E-state index in [1.807, 2.05) is 61.5 Å². The van der Waals surface area contributed by atoms with Crippen LogP contribution in [0.15, 0.2) is 54.6 Å². The topological polar surface area (TPSA) is 94.3 Å². The minimum absolute atomic E-state index is 0.00644. The molecule has 0 aliphatic carbocycles. The summed E-state index contributed by atoms with van der Waals surface area (Å²) < 4.78 is 0. The highest BCUT2D eigenvalue weighted by atomic mass is 16.2. The highest BCUT2D eigenvalue weighted by Crippen LogP contribution is 2.18. The van der Waals surface area contributed by atoms with E-state index in [-0.39, 0.29) is 24.0 Å². The Kier molecular flexibility index (Phi) is 7.21. The molecule has 154 valence electrons. The molecule has 3 unspecified atom stereocenters. The van der Waals surface area contributed by atoms with Gasteiger partial charge in [0.05, 0.1) is 6.04 Å². The molecule has 3 amide bonds. The normalized spacial score (nSPS) is 19.4. The Morgan fingerprint density at radius 2 is 1.66 bits per heavy atom. The summed E-state index contributed by atoms with van der Waals surface area (Å²) in [6, 6.07) is 16.5. The number of rotatable bonds is 7. The third-order valence-electron chi connectivity index (χ3n) is 4.99. The molecule has 29 heavy (non-hydrogen) atoms. The molecule has 1 aliphatic heterocycles. The van der Waals surface area contributed by atoms with Crippen molar-refractivity contribution in [1.29, 1.82) is 0 Å². The molecule has 2 aromatic rings. The second-order valence-corrected chi connectivity index (χ2v) is 7.36. The number of amides is 3. The number of hydrogen-bond donors (Lipinski definition) is 5. The molecule has 0 spiro atoms. The van der Waals surface area contributed by atoms with Crippen LogP contribution in [0.4, 0.5) is 16.2 Å². The lowest BCUT2D eigenvalue weighted by atomic mass is 10.0. The summed E-state index contributed by atoms with van der Waals surface area (Å²) in [6.07, 6.45) is 2.94. The fraction of sp³-hybridized carbons (Fsp3) is 0.364. The first kappa shape index (κ1) is 20.8. The number of para-hydroxylation sites is 1. The van der Waals surface area contributed by atoms with Crippen molar-refractivity contribution in [3.05, 3.63) is 60.2 Å². The van der Waals surface area contributed by atoms with Gasteiger partial charge in [-0.3, -0.25) is 10.2 Å². The lowest BCUT2D eigenvalue weighted by molar-refractivity contribution is -0.123. The van der Waals surface area contributed by atoms with Gasteiger partial charge in [-0.25, -0.2) is 10.2 Å². The maximum absolute atomic E-state index is 12.5. The van der Waals surface area contributed by atoms with Crippen LogP contribution in [0.1, 0.15) is 44.7 Å². The fourth-order valence-electron chi connectivity index (χ4n) is 3.40. The average Bonchev–Trinajstić information content (AvgIpc) is 3.18. The summed E-state index contributed by atoms with van der Waals surface area (Å²) in [6.45, 7) is 4.09. The molecule has 0 aromatic heterocycles. The van der Waals surface area contributed by atoms with Crippen molar-refractivity contribution in [2.24, 2.45) is 0 Å². The van der Waals surface area contributed by atoms with E-state index in [1.165, 1.54) is 0 Å². The lowest BCUT2D eigenvalue weighted by Gasteiger charge is -2.18. The van der Waals surface area contributed by atoms with Crippen molar-refractivity contribution < 1.29 is 9.59 Å². The SMILES string of the molecule is CCCC1CC(C(=O)NC(C)c2ccc(NC(=O)Nc3ccccc3)cc2)NN1. The number of hydrogen-bond acceptors (Lipinski definition) is 4. The summed E-state index contributed by atoms with van der Waals surface area (Å²) in [5.41, 5.74) is 8.66. The van der Waals surface area contributed by atoms with Gasteiger partial charge in [0, 0.05) is 17.4 Å². The standard InChI is InChI=1S/C22H29N5O2/c1-3-7-19-14-20(27-26-19)21(28)23-15(2)16-10-12-18(13-11-16)25-22(29)24-17-8-5-4-6-9-17/h4-6,8-13,15,19-20,26-27H,3,7,14H2,1-2H3,(H,23,28)(H2,24,25,29). The summed E-state index contributed by atoms with van der Waals surface area (Å²) in [7, 11) is 0. The van der Waals surface area contributed by atoms with Crippen LogP contribution in [-0.4, -0.2) is 24.0 Å². The van der Waals surface area contributed by atoms with Crippen LogP contribution in [0.5, 0.6) is 0 Å². The second kappa shape index (κ2) is 10.0. The third kappa shape index (κ3) is 6.04. The molecular formula is C22H29N5O2. The van der Waals surface area contributed by atoms with Gasteiger partial charge >= 0.3 is 6.03 Å². The van der Waals surface area contributed by atoms with Gasteiger partial charge in [0.2, 0.25) is 5.91 Å². The molecule has 1 saturated heterocycles. The van der Waals surface area contributed by atoms with Crippen LogP contribution in [0.25, 0.3) is 0 Å². The first-order chi connectivity index (χ1) is 14.0. The molecule has 2 aromatic carbocycles. The quantitative estimate of drug-likeness (QED) is 0.496. The van der Waals surface area contributed by atoms with Crippen molar-refractivity contribution in [2.45, 2.75) is 51.2 Å². The van der Waals surface area contributed by atoms with E-state index in [2.05, 4.69) is 33.7 Å². The second-order valence-electron chi connectivity index (χ2n) is 7.36. The third-order valence-corrected chi connectivity index (χ3v) is 4.99. The van der Waals surface area contributed by atoms with Gasteiger partial charge in [-0.05, 0) is 49.6 Å². The zero-order valence-corrected chi connectivity index (χ0v) is 16.9. The van der Waals surface area contributed by atoms with E-state index in [0.717, 1.165) is 30.5 Å². The van der Waals surface area contributed by atoms with Crippen LogP contribution in [0.2, 0.25) is 0 Å². The van der Waals surface area contributed by atoms with E-state index in [4.69, 9.17) is 0 Å². The summed E-state index contributed by atoms with van der Waals surface area (Å²) >= 11 is 0. The zero-order chi connectivity index (χ0) is 20.6. The van der Waals surface area contributed by atoms with Crippen molar-refractivity contribution >= 4 is 23.3 Å². The highest BCUT2D eigenvalue weighted by Gasteiger charge is 2.29. The van der Waals surface area contributed by atoms with Gasteiger partial charge in [-0.15, -0.1) is 0 Å². The largest absolute Gasteiger partial charge is 0.348 e. The Balaban J connectivity index is 1.49. The highest BCUT2D eigenvalue weighted by molar-refractivity contribution is 5.99. The Morgan fingerprint density at radius 1 is 1.00 bits per heavy atom. The maximum atomic E-state index is 12.5. The first-order valence-electron chi connectivity index (χ1n) is 10.1. The minimum Gasteiger partial charge on any atom is -0.348 e. The van der Waals surface area contributed by atoms with Crippen molar-refractivity contribution in [1.82, 2.24) is 16.2 Å². The predicted octanol–water partition coefficient (Wildman–Crippen LogP) is 3.54. The molecule has 3 atom stereocenters. The number of anilines is 2. The van der Waals surface area contributed by atoms with Gasteiger partial charge in [0.15, 0.2) is 0 Å². The number of hydrazine groups is 1. The van der Waals surface area contributed by atoms with Gasteiger partial charge in [0.1, 0.15) is 6.04 Å². The Labute approximate surface area is 171 Å². The van der Waals surface area contributed by atoms with Gasteiger partial charge < -0.3 is 16.0 Å². The van der Waals surface area contributed by atoms with E-state index < -0.39 is 0 Å². The van der Waals surface area contributed by atoms with Crippen molar-refractivity contribution in [3.8, 4) is 0 Å². The Bertz CT molecular complexity index is 810. The molecule has 1 fully saturated rings. The van der Waals surface area contributed by atoms with E-state index in [9.17, 15) is 9.59 Å². The zero-order valence-electron chi connectivity index (χ0n) is 16.9. The molecule has 5 N–H and O–H groups in total. The number of carbonyl (C=O) groups excluding carboxylic acids is 2. The summed E-state index contributed by atoms with van der Waals surface area (Å²) in [5, 5.41) is 8.63. The van der Waals surface area contributed by atoms with Gasteiger partial charge in [-0.2, -0.15) is 0 Å². The molecule has 0 radical (unpaired) electrons. The Morgan fingerprint density at radius 3 is 2.31 bits per heavy atom. The Hall–Kier alpha value is -2.90. The van der Waals surface area contributed by atoms with Crippen molar-refractivity contribution in [2.75, 3.05) is 10.6 Å². The molecule has 1 aliphatic rings. The number of nitrogens with one attached hydrogen (secondary N) is 5. The van der Waals surface area contributed by atoms with Crippen LogP contribution >= 0.6 is 0 Å². The van der Waals surface area contributed by atoms with Crippen LogP contribution in [0, 0.1) is 0 Å².